The van der Waals surface area contributed by atoms with Gasteiger partial charge in [-0.1, -0.05) is 23.7 Å². The summed E-state index contributed by atoms with van der Waals surface area (Å²) >= 11 is 5.99. The molecule has 0 radical (unpaired) electrons. The van der Waals surface area contributed by atoms with E-state index in [9.17, 15) is 8.42 Å². The van der Waals surface area contributed by atoms with Gasteiger partial charge in [-0.25, -0.2) is 8.42 Å². The zero-order valence-electron chi connectivity index (χ0n) is 10.9. The Bertz CT molecular complexity index is 588. The summed E-state index contributed by atoms with van der Waals surface area (Å²) in [5.41, 5.74) is 0. The van der Waals surface area contributed by atoms with Crippen molar-refractivity contribution < 1.29 is 17.9 Å². The lowest BCUT2D eigenvalue weighted by Gasteiger charge is -2.36. The van der Waals surface area contributed by atoms with E-state index in [0.29, 0.717) is 39.1 Å². The van der Waals surface area contributed by atoms with Crippen LogP contribution in [0.5, 0.6) is 0 Å². The third-order valence-corrected chi connectivity index (χ3v) is 6.15. The third-order valence-electron chi connectivity index (χ3n) is 3.75. The van der Waals surface area contributed by atoms with Crippen LogP contribution in [0.4, 0.5) is 0 Å². The molecule has 7 heteroatoms. The Morgan fingerprint density at radius 3 is 2.30 bits per heavy atom. The fourth-order valence-electron chi connectivity index (χ4n) is 2.65. The smallest absolute Gasteiger partial charge is 0.244 e. The maximum Gasteiger partial charge on any atom is 0.244 e. The molecule has 0 bridgehead atoms. The minimum Gasteiger partial charge on any atom is -0.347 e. The molecule has 0 amide bonds. The first-order valence-corrected chi connectivity index (χ1v) is 8.38. The number of sulfonamides is 1. The largest absolute Gasteiger partial charge is 0.347 e. The van der Waals surface area contributed by atoms with Crippen LogP contribution in [0.2, 0.25) is 5.02 Å². The van der Waals surface area contributed by atoms with Gasteiger partial charge >= 0.3 is 0 Å². The number of rotatable bonds is 2. The van der Waals surface area contributed by atoms with Crippen LogP contribution < -0.4 is 0 Å². The number of ether oxygens (including phenoxy) is 2. The average Bonchev–Trinajstić information content (AvgIpc) is 2.88. The molecule has 2 heterocycles. The summed E-state index contributed by atoms with van der Waals surface area (Å²) < 4.78 is 37.8. The van der Waals surface area contributed by atoms with Crippen LogP contribution in [0.3, 0.4) is 0 Å². The molecule has 3 rings (SSSR count). The zero-order valence-corrected chi connectivity index (χ0v) is 12.5. The Morgan fingerprint density at radius 2 is 1.70 bits per heavy atom. The maximum absolute atomic E-state index is 12.6. The van der Waals surface area contributed by atoms with Gasteiger partial charge in [-0.3, -0.25) is 0 Å². The van der Waals surface area contributed by atoms with Gasteiger partial charge in [0.05, 0.1) is 18.2 Å². The summed E-state index contributed by atoms with van der Waals surface area (Å²) in [6.45, 7) is 1.93. The lowest BCUT2D eigenvalue weighted by atomic mass is 10.1. The molecule has 0 saturated carbocycles. The van der Waals surface area contributed by atoms with E-state index in [1.165, 1.54) is 10.4 Å². The van der Waals surface area contributed by atoms with E-state index in [2.05, 4.69) is 0 Å². The fourth-order valence-corrected chi connectivity index (χ4v) is 4.58. The van der Waals surface area contributed by atoms with E-state index in [0.717, 1.165) is 0 Å². The minimum atomic E-state index is -3.55. The molecule has 0 atom stereocenters. The van der Waals surface area contributed by atoms with Crippen molar-refractivity contribution in [2.75, 3.05) is 26.3 Å². The molecule has 0 N–H and O–H groups in total. The molecule has 2 aliphatic heterocycles. The third kappa shape index (κ3) is 2.46. The van der Waals surface area contributed by atoms with Crippen molar-refractivity contribution in [3.8, 4) is 0 Å². The van der Waals surface area contributed by atoms with E-state index in [1.807, 2.05) is 0 Å². The van der Waals surface area contributed by atoms with Crippen molar-refractivity contribution in [2.24, 2.45) is 0 Å². The Kier molecular flexibility index (Phi) is 3.77. The average molecular weight is 318 g/mol. The van der Waals surface area contributed by atoms with Gasteiger partial charge in [-0.2, -0.15) is 4.31 Å². The molecule has 1 spiro atoms. The molecule has 2 fully saturated rings. The van der Waals surface area contributed by atoms with Gasteiger partial charge in [0.1, 0.15) is 4.90 Å². The van der Waals surface area contributed by atoms with E-state index < -0.39 is 15.8 Å². The summed E-state index contributed by atoms with van der Waals surface area (Å²) in [4.78, 5) is 0.158. The molecular weight excluding hydrogens is 302 g/mol. The van der Waals surface area contributed by atoms with Crippen LogP contribution in [0.25, 0.3) is 0 Å². The Balaban J connectivity index is 1.79. The summed E-state index contributed by atoms with van der Waals surface area (Å²) in [5, 5.41) is 0.251. The SMILES string of the molecule is O=S(=O)(c1ccccc1Cl)N1CCC2(CC1)OCCO2. The Hall–Kier alpha value is -0.660. The molecule has 2 aliphatic rings. The highest BCUT2D eigenvalue weighted by atomic mass is 35.5. The summed E-state index contributed by atoms with van der Waals surface area (Å²) in [6, 6.07) is 6.51. The van der Waals surface area contributed by atoms with Crippen molar-refractivity contribution in [2.45, 2.75) is 23.5 Å². The molecule has 0 unspecified atom stereocenters. The monoisotopic (exact) mass is 317 g/mol. The second kappa shape index (κ2) is 5.27. The summed E-state index contributed by atoms with van der Waals surface area (Å²) in [6.07, 6.45) is 1.10. The van der Waals surface area contributed by atoms with E-state index in [-0.39, 0.29) is 9.92 Å². The first kappa shape index (κ1) is 14.3. The quantitative estimate of drug-likeness (QED) is 0.835. The first-order chi connectivity index (χ1) is 9.54. The maximum atomic E-state index is 12.6. The van der Waals surface area contributed by atoms with E-state index >= 15 is 0 Å². The number of benzene rings is 1. The number of nitrogens with zero attached hydrogens (tertiary/aromatic N) is 1. The van der Waals surface area contributed by atoms with Crippen LogP contribution in [0.15, 0.2) is 29.2 Å². The van der Waals surface area contributed by atoms with Crippen molar-refractivity contribution >= 4 is 21.6 Å². The lowest BCUT2D eigenvalue weighted by Crippen LogP contribution is -2.47. The van der Waals surface area contributed by atoms with Gasteiger partial charge in [-0.15, -0.1) is 0 Å². The van der Waals surface area contributed by atoms with Gasteiger partial charge < -0.3 is 9.47 Å². The molecule has 0 aromatic heterocycles. The Morgan fingerprint density at radius 1 is 1.10 bits per heavy atom. The van der Waals surface area contributed by atoms with Crippen LogP contribution in [0.1, 0.15) is 12.8 Å². The van der Waals surface area contributed by atoms with E-state index in [1.54, 1.807) is 18.2 Å². The lowest BCUT2D eigenvalue weighted by molar-refractivity contribution is -0.179. The highest BCUT2D eigenvalue weighted by Crippen LogP contribution is 2.34. The standard InChI is InChI=1S/C13H16ClNO4S/c14-11-3-1-2-4-12(11)20(16,17)15-7-5-13(6-8-15)18-9-10-19-13/h1-4H,5-10H2. The first-order valence-electron chi connectivity index (χ1n) is 6.56. The predicted octanol–water partition coefficient (Wildman–Crippen LogP) is 1.87. The minimum absolute atomic E-state index is 0.158. The molecule has 20 heavy (non-hydrogen) atoms. The van der Waals surface area contributed by atoms with Crippen molar-refractivity contribution in [3.05, 3.63) is 29.3 Å². The molecular formula is C13H16ClNO4S. The van der Waals surface area contributed by atoms with Gasteiger partial charge in [0.2, 0.25) is 10.0 Å². The molecule has 1 aromatic rings. The molecule has 2 saturated heterocycles. The number of halogens is 1. The van der Waals surface area contributed by atoms with Gasteiger partial charge in [0.25, 0.3) is 0 Å². The van der Waals surface area contributed by atoms with Gasteiger partial charge in [0, 0.05) is 25.9 Å². The second-order valence-electron chi connectivity index (χ2n) is 4.94. The van der Waals surface area contributed by atoms with Crippen molar-refractivity contribution in [3.63, 3.8) is 0 Å². The molecule has 5 nitrogen and oxygen atoms in total. The number of hydrogen-bond acceptors (Lipinski definition) is 4. The Labute approximate surface area is 123 Å². The van der Waals surface area contributed by atoms with Crippen LogP contribution in [-0.4, -0.2) is 44.8 Å². The highest BCUT2D eigenvalue weighted by Gasteiger charge is 2.42. The summed E-state index contributed by atoms with van der Waals surface area (Å²) in [7, 11) is -3.55. The normalized spacial score (nSPS) is 23.2. The van der Waals surface area contributed by atoms with E-state index in [4.69, 9.17) is 21.1 Å². The van der Waals surface area contributed by atoms with Gasteiger partial charge in [-0.05, 0) is 12.1 Å². The van der Waals surface area contributed by atoms with Crippen molar-refractivity contribution in [1.82, 2.24) is 4.31 Å². The number of piperidine rings is 1. The highest BCUT2D eigenvalue weighted by molar-refractivity contribution is 7.89. The van der Waals surface area contributed by atoms with Crippen LogP contribution in [0, 0.1) is 0 Å². The second-order valence-corrected chi connectivity index (χ2v) is 7.26. The topological polar surface area (TPSA) is 55.8 Å². The zero-order chi connectivity index (χ0) is 14.2. The molecule has 0 aliphatic carbocycles. The fraction of sp³-hybridized carbons (Fsp3) is 0.538. The van der Waals surface area contributed by atoms with Crippen LogP contribution in [-0.2, 0) is 19.5 Å². The van der Waals surface area contributed by atoms with Gasteiger partial charge in [0.15, 0.2) is 5.79 Å². The summed E-state index contributed by atoms with van der Waals surface area (Å²) in [5.74, 6) is -0.577. The van der Waals surface area contributed by atoms with Crippen LogP contribution >= 0.6 is 11.6 Å². The predicted molar refractivity (Wildman–Crippen MR) is 74.1 cm³/mol. The molecule has 110 valence electrons. The van der Waals surface area contributed by atoms with Crippen molar-refractivity contribution in [1.29, 1.82) is 0 Å². The molecule has 1 aromatic carbocycles. The number of hydrogen-bond donors (Lipinski definition) is 0.